The van der Waals surface area contributed by atoms with Gasteiger partial charge in [-0.05, 0) is 63.4 Å². The summed E-state index contributed by atoms with van der Waals surface area (Å²) in [6, 6.07) is 3.59. The molecular weight excluding hydrogens is 412 g/mol. The maximum Gasteiger partial charge on any atom is 0.338 e. The lowest BCUT2D eigenvalue weighted by atomic mass is 9.76. The van der Waals surface area contributed by atoms with Crippen LogP contribution in [0.5, 0.6) is 0 Å². The minimum absolute atomic E-state index is 0.0411. The van der Waals surface area contributed by atoms with E-state index in [4.69, 9.17) is 9.47 Å². The number of aliphatic hydroxyl groups is 1. The van der Waals surface area contributed by atoms with Crippen molar-refractivity contribution in [1.29, 1.82) is 0 Å². The van der Waals surface area contributed by atoms with Crippen molar-refractivity contribution in [3.63, 3.8) is 0 Å². The fourth-order valence-electron chi connectivity index (χ4n) is 5.77. The summed E-state index contributed by atoms with van der Waals surface area (Å²) >= 11 is 0. The molecule has 1 aromatic rings. The van der Waals surface area contributed by atoms with Crippen LogP contribution in [0.2, 0.25) is 0 Å². The van der Waals surface area contributed by atoms with Gasteiger partial charge in [-0.25, -0.2) is 9.59 Å². The fraction of sp³-hybridized carbons (Fsp3) is 0.542. The van der Waals surface area contributed by atoms with Crippen molar-refractivity contribution < 1.29 is 29.0 Å². The van der Waals surface area contributed by atoms with Gasteiger partial charge in [0.2, 0.25) is 5.91 Å². The van der Waals surface area contributed by atoms with E-state index in [0.717, 1.165) is 49.0 Å². The molecule has 4 aliphatic rings. The second kappa shape index (κ2) is 7.71. The van der Waals surface area contributed by atoms with Crippen molar-refractivity contribution in [3.05, 3.63) is 46.2 Å². The van der Waals surface area contributed by atoms with Crippen molar-refractivity contribution in [2.75, 3.05) is 26.2 Å². The number of nitrogens with zero attached hydrogens (tertiary/aromatic N) is 2. The van der Waals surface area contributed by atoms with E-state index in [-0.39, 0.29) is 37.1 Å². The molecule has 2 fully saturated rings. The first-order valence-corrected chi connectivity index (χ1v) is 11.2. The minimum atomic E-state index is -0.674. The predicted octanol–water partition coefficient (Wildman–Crippen LogP) is 1.84. The van der Waals surface area contributed by atoms with Crippen molar-refractivity contribution in [2.24, 2.45) is 5.41 Å². The highest BCUT2D eigenvalue weighted by molar-refractivity contribution is 5.94. The Hall–Kier alpha value is -2.71. The number of amides is 1. The molecular formula is C24H28N2O6. The third-order valence-electron chi connectivity index (χ3n) is 7.57. The largest absolute Gasteiger partial charge is 0.457 e. The molecule has 1 N–H and O–H groups in total. The van der Waals surface area contributed by atoms with Crippen LogP contribution < -0.4 is 0 Å². The normalized spacial score (nSPS) is 25.7. The van der Waals surface area contributed by atoms with E-state index in [0.29, 0.717) is 17.8 Å². The quantitative estimate of drug-likeness (QED) is 0.714. The molecule has 0 aromatic heterocycles. The van der Waals surface area contributed by atoms with Crippen LogP contribution in [0.4, 0.5) is 0 Å². The zero-order valence-electron chi connectivity index (χ0n) is 18.4. The van der Waals surface area contributed by atoms with Gasteiger partial charge < -0.3 is 24.4 Å². The van der Waals surface area contributed by atoms with E-state index in [9.17, 15) is 19.5 Å². The summed E-state index contributed by atoms with van der Waals surface area (Å²) < 4.78 is 10.1. The number of ether oxygens (including phenoxy) is 2. The van der Waals surface area contributed by atoms with E-state index < -0.39 is 11.5 Å². The Morgan fingerprint density at radius 1 is 1.16 bits per heavy atom. The first kappa shape index (κ1) is 21.2. The SMILES string of the molecule is Cc1c(C(O)CN2CCC3(CC2)CC(C)N(C2=CC(=O)OC2)C3=O)ccc2c1COC2=O. The number of piperidine rings is 1. The lowest BCUT2D eigenvalue weighted by molar-refractivity contribution is -0.139. The van der Waals surface area contributed by atoms with Gasteiger partial charge in [-0.1, -0.05) is 6.07 Å². The topological polar surface area (TPSA) is 96.4 Å². The lowest BCUT2D eigenvalue weighted by Crippen LogP contribution is -2.45. The molecule has 8 nitrogen and oxygen atoms in total. The molecule has 5 rings (SSSR count). The molecule has 2 saturated heterocycles. The number of β-amino-alcohol motifs (C(OH)–C–C–N with tert-alkyl or cyclic N) is 1. The van der Waals surface area contributed by atoms with Crippen LogP contribution in [0.25, 0.3) is 0 Å². The van der Waals surface area contributed by atoms with Crippen LogP contribution in [-0.2, 0) is 25.7 Å². The molecule has 32 heavy (non-hydrogen) atoms. The van der Waals surface area contributed by atoms with Crippen LogP contribution >= 0.6 is 0 Å². The van der Waals surface area contributed by atoms with Crippen LogP contribution in [0.15, 0.2) is 23.9 Å². The molecule has 170 valence electrons. The number of aliphatic hydroxyl groups excluding tert-OH is 1. The average molecular weight is 440 g/mol. The number of likely N-dealkylation sites (tertiary alicyclic amines) is 2. The number of rotatable bonds is 4. The Morgan fingerprint density at radius 3 is 2.59 bits per heavy atom. The highest BCUT2D eigenvalue weighted by atomic mass is 16.5. The highest BCUT2D eigenvalue weighted by Crippen LogP contribution is 2.46. The summed E-state index contributed by atoms with van der Waals surface area (Å²) in [5.74, 6) is -0.601. The van der Waals surface area contributed by atoms with E-state index >= 15 is 0 Å². The molecule has 0 aliphatic carbocycles. The van der Waals surface area contributed by atoms with Crippen molar-refractivity contribution in [2.45, 2.75) is 51.9 Å². The summed E-state index contributed by atoms with van der Waals surface area (Å²) in [5.41, 5.74) is 3.42. The van der Waals surface area contributed by atoms with E-state index in [2.05, 4.69) is 4.90 Å². The number of hydrogen-bond donors (Lipinski definition) is 1. The molecule has 1 amide bonds. The molecule has 8 heteroatoms. The standard InChI is InChI=1S/C24H28N2O6/c1-14-10-24(23(30)26(14)16-9-21(28)31-12-16)5-7-25(8-6-24)11-20(27)17-3-4-18-19(15(17)2)13-32-22(18)29/h3-4,9,14,20,27H,5-8,10-13H2,1-2H3. The molecule has 0 radical (unpaired) electrons. The second-order valence-corrected chi connectivity index (χ2v) is 9.45. The van der Waals surface area contributed by atoms with E-state index in [1.165, 1.54) is 6.08 Å². The summed E-state index contributed by atoms with van der Waals surface area (Å²) in [4.78, 5) is 40.5. The smallest absolute Gasteiger partial charge is 0.338 e. The summed E-state index contributed by atoms with van der Waals surface area (Å²) in [5, 5.41) is 10.9. The Balaban J connectivity index is 1.24. The van der Waals surface area contributed by atoms with Crippen LogP contribution in [0.1, 0.15) is 59.3 Å². The Morgan fingerprint density at radius 2 is 1.91 bits per heavy atom. The number of benzene rings is 1. The van der Waals surface area contributed by atoms with Gasteiger partial charge in [-0.2, -0.15) is 0 Å². The molecule has 4 aliphatic heterocycles. The number of carbonyl (C=O) groups excluding carboxylic acids is 3. The van der Waals surface area contributed by atoms with Crippen molar-refractivity contribution in [3.8, 4) is 0 Å². The monoisotopic (exact) mass is 440 g/mol. The molecule has 1 aromatic carbocycles. The summed E-state index contributed by atoms with van der Waals surface area (Å²) in [6.45, 7) is 6.30. The van der Waals surface area contributed by atoms with E-state index in [1.54, 1.807) is 11.0 Å². The van der Waals surface area contributed by atoms with Gasteiger partial charge in [0.05, 0.1) is 22.8 Å². The fourth-order valence-corrected chi connectivity index (χ4v) is 5.77. The first-order valence-electron chi connectivity index (χ1n) is 11.2. The van der Waals surface area contributed by atoms with Crippen LogP contribution in [0, 0.1) is 12.3 Å². The maximum absolute atomic E-state index is 13.3. The number of cyclic esters (lactones) is 2. The van der Waals surface area contributed by atoms with Gasteiger partial charge in [-0.3, -0.25) is 4.79 Å². The Kier molecular flexibility index (Phi) is 5.09. The van der Waals surface area contributed by atoms with Gasteiger partial charge in [0.1, 0.15) is 13.2 Å². The highest BCUT2D eigenvalue weighted by Gasteiger charge is 2.52. The van der Waals surface area contributed by atoms with Crippen molar-refractivity contribution in [1.82, 2.24) is 9.80 Å². The van der Waals surface area contributed by atoms with E-state index in [1.807, 2.05) is 19.9 Å². The molecule has 0 saturated carbocycles. The molecule has 2 atom stereocenters. The minimum Gasteiger partial charge on any atom is -0.457 e. The Labute approximate surface area is 186 Å². The second-order valence-electron chi connectivity index (χ2n) is 9.45. The van der Waals surface area contributed by atoms with Gasteiger partial charge in [0, 0.05) is 24.2 Å². The zero-order chi connectivity index (χ0) is 22.6. The van der Waals surface area contributed by atoms with Crippen LogP contribution in [-0.4, -0.2) is 65.0 Å². The molecule has 4 heterocycles. The maximum atomic E-state index is 13.3. The number of fused-ring (bicyclic) bond motifs is 1. The van der Waals surface area contributed by atoms with Crippen LogP contribution in [0.3, 0.4) is 0 Å². The molecule has 0 bridgehead atoms. The Bertz CT molecular complexity index is 1020. The first-order chi connectivity index (χ1) is 15.3. The summed E-state index contributed by atoms with van der Waals surface area (Å²) in [6.07, 6.45) is 2.98. The van der Waals surface area contributed by atoms with Gasteiger partial charge in [0.15, 0.2) is 0 Å². The van der Waals surface area contributed by atoms with Crippen molar-refractivity contribution >= 4 is 17.8 Å². The third kappa shape index (κ3) is 3.33. The van der Waals surface area contributed by atoms with Gasteiger partial charge in [-0.15, -0.1) is 0 Å². The molecule has 1 spiro atoms. The third-order valence-corrected chi connectivity index (χ3v) is 7.57. The average Bonchev–Trinajstić information content (AvgIpc) is 3.41. The number of esters is 2. The van der Waals surface area contributed by atoms with Gasteiger partial charge in [0.25, 0.3) is 0 Å². The number of carbonyl (C=O) groups is 3. The summed E-state index contributed by atoms with van der Waals surface area (Å²) in [7, 11) is 0. The van der Waals surface area contributed by atoms with Gasteiger partial charge >= 0.3 is 11.9 Å². The zero-order valence-corrected chi connectivity index (χ0v) is 18.4. The molecule has 2 unspecified atom stereocenters. The predicted molar refractivity (Wildman–Crippen MR) is 113 cm³/mol. The number of hydrogen-bond acceptors (Lipinski definition) is 7. The lowest BCUT2D eigenvalue weighted by Gasteiger charge is -2.38.